The summed E-state index contributed by atoms with van der Waals surface area (Å²) >= 11 is 2.14. The van der Waals surface area contributed by atoms with E-state index in [4.69, 9.17) is 10.2 Å². The molecule has 3 N–H and O–H groups in total. The fourth-order valence-corrected chi connectivity index (χ4v) is 5.20. The second-order valence-corrected chi connectivity index (χ2v) is 8.11. The number of carbonyl (C=O) groups is 1. The normalized spacial score (nSPS) is 20.2. The average Bonchev–Trinajstić information content (AvgIpc) is 3.06. The maximum atomic E-state index is 11.1. The maximum absolute atomic E-state index is 11.1. The van der Waals surface area contributed by atoms with E-state index >= 15 is 0 Å². The summed E-state index contributed by atoms with van der Waals surface area (Å²) in [5.74, 6) is 2.38. The minimum Gasteiger partial charge on any atom is -0.454 e. The molecule has 8 heteroatoms. The summed E-state index contributed by atoms with van der Waals surface area (Å²) in [6, 6.07) is 3.38. The Labute approximate surface area is 170 Å². The Morgan fingerprint density at radius 2 is 2.16 bits per heavy atom. The summed E-state index contributed by atoms with van der Waals surface area (Å²) < 4.78 is 5.82. The Morgan fingerprint density at radius 1 is 1.40 bits per heavy atom. The molecule has 1 aromatic heterocycles. The van der Waals surface area contributed by atoms with Crippen LogP contribution in [0, 0.1) is 0 Å². The number of rotatable bonds is 3. The topological polar surface area (TPSA) is 83.9 Å². The van der Waals surface area contributed by atoms with Crippen molar-refractivity contribution in [2.75, 3.05) is 25.9 Å². The smallest absolute Gasteiger partial charge is 0.284 e. The van der Waals surface area contributed by atoms with Crippen LogP contribution in [0.2, 0.25) is 0 Å². The number of furan rings is 1. The van der Waals surface area contributed by atoms with Gasteiger partial charge in [0.25, 0.3) is 5.91 Å². The highest BCUT2D eigenvalue weighted by Crippen LogP contribution is 2.42. The molecule has 0 atom stereocenters. The van der Waals surface area contributed by atoms with Crippen molar-refractivity contribution in [3.63, 3.8) is 0 Å². The van der Waals surface area contributed by atoms with Crippen molar-refractivity contribution in [3.05, 3.63) is 23.7 Å². The van der Waals surface area contributed by atoms with Crippen LogP contribution in [-0.4, -0.2) is 47.4 Å². The summed E-state index contributed by atoms with van der Waals surface area (Å²) in [6.45, 7) is 2.56. The fourth-order valence-electron chi connectivity index (χ4n) is 3.63. The largest absolute Gasteiger partial charge is 0.454 e. The van der Waals surface area contributed by atoms with E-state index in [9.17, 15) is 4.79 Å². The predicted molar refractivity (Wildman–Crippen MR) is 113 cm³/mol. The van der Waals surface area contributed by atoms with Gasteiger partial charge in [0, 0.05) is 30.6 Å². The molecule has 1 saturated carbocycles. The van der Waals surface area contributed by atoms with Crippen molar-refractivity contribution >= 4 is 47.6 Å². The molecule has 1 aliphatic heterocycles. The lowest BCUT2D eigenvalue weighted by molar-refractivity contribution is 0.0972. The first-order chi connectivity index (χ1) is 11.6. The molecule has 1 spiro atoms. The molecule has 6 nitrogen and oxygen atoms in total. The van der Waals surface area contributed by atoms with Gasteiger partial charge >= 0.3 is 0 Å². The molecule has 2 heterocycles. The van der Waals surface area contributed by atoms with Gasteiger partial charge in [0.05, 0.1) is 6.54 Å². The van der Waals surface area contributed by atoms with E-state index in [2.05, 4.69) is 27.0 Å². The van der Waals surface area contributed by atoms with E-state index in [0.29, 0.717) is 17.1 Å². The van der Waals surface area contributed by atoms with E-state index in [0.717, 1.165) is 24.8 Å². The van der Waals surface area contributed by atoms with Crippen LogP contribution in [0.25, 0.3) is 0 Å². The second kappa shape index (κ2) is 9.16. The molecule has 1 saturated heterocycles. The van der Waals surface area contributed by atoms with Gasteiger partial charge in [0.1, 0.15) is 5.76 Å². The van der Waals surface area contributed by atoms with Crippen molar-refractivity contribution in [3.8, 4) is 0 Å². The minimum atomic E-state index is -0.544. The van der Waals surface area contributed by atoms with E-state index in [-0.39, 0.29) is 29.7 Å². The molecular formula is C17H27IN4O2S. The van der Waals surface area contributed by atoms with Crippen LogP contribution in [0.4, 0.5) is 0 Å². The van der Waals surface area contributed by atoms with E-state index in [1.54, 1.807) is 12.1 Å². The Balaban J connectivity index is 0.00000225. The Hall–Kier alpha value is -0.900. The molecule has 140 valence electrons. The molecule has 0 bridgehead atoms. The van der Waals surface area contributed by atoms with Crippen molar-refractivity contribution < 1.29 is 9.21 Å². The van der Waals surface area contributed by atoms with Gasteiger partial charge in [-0.25, -0.2) is 0 Å². The predicted octanol–water partition coefficient (Wildman–Crippen LogP) is 2.82. The molecule has 1 aliphatic carbocycles. The molecular weight excluding hydrogens is 451 g/mol. The molecule has 3 rings (SSSR count). The van der Waals surface area contributed by atoms with Crippen molar-refractivity contribution in [2.45, 2.75) is 43.4 Å². The number of nitrogens with one attached hydrogen (secondary N) is 1. The van der Waals surface area contributed by atoms with Gasteiger partial charge in [-0.05, 0) is 25.0 Å². The molecule has 25 heavy (non-hydrogen) atoms. The number of guanidine groups is 1. The Kier molecular flexibility index (Phi) is 7.48. The van der Waals surface area contributed by atoms with Crippen LogP contribution in [0.5, 0.6) is 0 Å². The van der Waals surface area contributed by atoms with E-state index < -0.39 is 5.91 Å². The number of hydrogen-bond donors (Lipinski definition) is 2. The number of nitrogens with two attached hydrogens (primary N) is 1. The monoisotopic (exact) mass is 478 g/mol. The van der Waals surface area contributed by atoms with Crippen LogP contribution in [0.15, 0.2) is 21.5 Å². The van der Waals surface area contributed by atoms with Gasteiger partial charge in [0.15, 0.2) is 11.7 Å². The van der Waals surface area contributed by atoms with Gasteiger partial charge in [-0.3, -0.25) is 9.79 Å². The number of primary amides is 1. The SMILES string of the molecule is CN=C(NCc1ccc(C(N)=O)o1)N1CCSC2(CCCCC2)C1.I. The zero-order valence-electron chi connectivity index (χ0n) is 14.6. The Bertz CT molecular complexity index is 608. The number of halogens is 1. The second-order valence-electron chi connectivity index (χ2n) is 6.54. The Morgan fingerprint density at radius 3 is 2.80 bits per heavy atom. The molecule has 1 aromatic rings. The van der Waals surface area contributed by atoms with Crippen molar-refractivity contribution in [2.24, 2.45) is 10.7 Å². The minimum absolute atomic E-state index is 0. The van der Waals surface area contributed by atoms with Crippen LogP contribution >= 0.6 is 35.7 Å². The summed E-state index contributed by atoms with van der Waals surface area (Å²) in [4.78, 5) is 17.9. The van der Waals surface area contributed by atoms with Crippen LogP contribution in [0.3, 0.4) is 0 Å². The quantitative estimate of drug-likeness (QED) is 0.397. The fraction of sp³-hybridized carbons (Fsp3) is 0.647. The average molecular weight is 478 g/mol. The number of nitrogens with zero attached hydrogens (tertiary/aromatic N) is 2. The molecule has 2 fully saturated rings. The first-order valence-corrected chi connectivity index (χ1v) is 9.58. The highest BCUT2D eigenvalue weighted by Gasteiger charge is 2.38. The molecule has 0 unspecified atom stereocenters. The van der Waals surface area contributed by atoms with Gasteiger partial charge in [-0.2, -0.15) is 11.8 Å². The number of aliphatic imine (C=N–C) groups is 1. The van der Waals surface area contributed by atoms with Gasteiger partial charge in [-0.15, -0.1) is 24.0 Å². The van der Waals surface area contributed by atoms with Gasteiger partial charge < -0.3 is 20.4 Å². The highest BCUT2D eigenvalue weighted by atomic mass is 127. The number of thioether (sulfide) groups is 1. The van der Waals surface area contributed by atoms with Crippen LogP contribution in [0.1, 0.15) is 48.4 Å². The third-order valence-electron chi connectivity index (χ3n) is 4.85. The lowest BCUT2D eigenvalue weighted by Gasteiger charge is -2.45. The van der Waals surface area contributed by atoms with Crippen molar-refractivity contribution in [1.29, 1.82) is 0 Å². The zero-order valence-corrected chi connectivity index (χ0v) is 17.8. The highest BCUT2D eigenvalue weighted by molar-refractivity contribution is 14.0. The number of amides is 1. The van der Waals surface area contributed by atoms with E-state index in [1.165, 1.54) is 32.1 Å². The lowest BCUT2D eigenvalue weighted by Crippen LogP contribution is -2.53. The summed E-state index contributed by atoms with van der Waals surface area (Å²) in [7, 11) is 1.81. The molecule has 1 amide bonds. The number of hydrogen-bond acceptors (Lipinski definition) is 4. The van der Waals surface area contributed by atoms with Crippen LogP contribution < -0.4 is 11.1 Å². The van der Waals surface area contributed by atoms with Gasteiger partial charge in [-0.1, -0.05) is 19.3 Å². The third-order valence-corrected chi connectivity index (χ3v) is 6.39. The standard InChI is InChI=1S/C17H26N4O2S.HI/c1-19-16(20-11-13-5-6-14(23-13)15(18)22)21-9-10-24-17(12-21)7-3-2-4-8-17;/h5-6H,2-4,7-12H2,1H3,(H2,18,22)(H,19,20);1H. The first kappa shape index (κ1) is 20.4. The van der Waals surface area contributed by atoms with Crippen molar-refractivity contribution in [1.82, 2.24) is 10.2 Å². The van der Waals surface area contributed by atoms with Gasteiger partial charge in [0.2, 0.25) is 0 Å². The zero-order chi connectivity index (χ0) is 17.0. The third kappa shape index (κ3) is 5.06. The molecule has 0 radical (unpaired) electrons. The maximum Gasteiger partial charge on any atom is 0.284 e. The lowest BCUT2D eigenvalue weighted by atomic mass is 9.87. The molecule has 2 aliphatic rings. The summed E-state index contributed by atoms with van der Waals surface area (Å²) in [5, 5.41) is 3.35. The summed E-state index contributed by atoms with van der Waals surface area (Å²) in [6.07, 6.45) is 6.68. The number of carbonyl (C=O) groups excluding carboxylic acids is 1. The summed E-state index contributed by atoms with van der Waals surface area (Å²) in [5.41, 5.74) is 5.22. The first-order valence-electron chi connectivity index (χ1n) is 8.60. The van der Waals surface area contributed by atoms with E-state index in [1.807, 2.05) is 7.05 Å². The van der Waals surface area contributed by atoms with Crippen LogP contribution in [-0.2, 0) is 6.54 Å². The molecule has 0 aromatic carbocycles.